The smallest absolute Gasteiger partial charge is 0.354 e. The minimum atomic E-state index is -1.02. The predicted octanol–water partition coefficient (Wildman–Crippen LogP) is 1.24. The molecule has 0 atom stereocenters. The monoisotopic (exact) mass is 215 g/mol. The van der Waals surface area contributed by atoms with Crippen LogP contribution in [-0.4, -0.2) is 34.9 Å². The van der Waals surface area contributed by atoms with Gasteiger partial charge in [0.05, 0.1) is 17.9 Å². The molecule has 2 aliphatic rings. The zero-order chi connectivity index (χ0) is 11.1. The van der Waals surface area contributed by atoms with Gasteiger partial charge in [0.1, 0.15) is 0 Å². The van der Waals surface area contributed by atoms with E-state index in [2.05, 4.69) is 14.9 Å². The van der Waals surface area contributed by atoms with Crippen LogP contribution in [0, 0.1) is 0 Å². The third-order valence-corrected chi connectivity index (χ3v) is 2.65. The number of rotatable bonds is 1. The minimum absolute atomic E-state index is 0.0354. The van der Waals surface area contributed by atoms with Crippen molar-refractivity contribution in [3.05, 3.63) is 30.0 Å². The molecular weight excluding hydrogens is 206 g/mol. The fourth-order valence-electron chi connectivity index (χ4n) is 1.91. The fraction of sp³-hybridized carbons (Fsp3) is 0.182. The van der Waals surface area contributed by atoms with Crippen LogP contribution in [0.3, 0.4) is 0 Å². The number of hydrogen-bond donors (Lipinski definition) is 1. The standard InChI is InChI=1S/C11H9N3O2/c15-11(16)8-3-4-9-10(13-8)12-7-2-1-5-14(9)6-7/h1-4H,5-6H2,(H,15,16). The third-order valence-electron chi connectivity index (χ3n) is 2.65. The first-order valence-corrected chi connectivity index (χ1v) is 4.97. The summed E-state index contributed by atoms with van der Waals surface area (Å²) in [6, 6.07) is 3.28. The lowest BCUT2D eigenvalue weighted by Crippen LogP contribution is -2.35. The van der Waals surface area contributed by atoms with Gasteiger partial charge in [0.15, 0.2) is 11.5 Å². The van der Waals surface area contributed by atoms with E-state index in [9.17, 15) is 4.79 Å². The van der Waals surface area contributed by atoms with Crippen LogP contribution in [0.1, 0.15) is 10.5 Å². The first-order chi connectivity index (χ1) is 7.74. The second-order valence-corrected chi connectivity index (χ2v) is 3.73. The highest BCUT2D eigenvalue weighted by molar-refractivity contribution is 6.04. The summed E-state index contributed by atoms with van der Waals surface area (Å²) in [4.78, 5) is 21.3. The molecular formula is C11H9N3O2. The van der Waals surface area contributed by atoms with E-state index in [-0.39, 0.29) is 5.69 Å². The normalized spacial score (nSPS) is 16.8. The highest BCUT2D eigenvalue weighted by Gasteiger charge is 2.22. The first kappa shape index (κ1) is 9.08. The first-order valence-electron chi connectivity index (χ1n) is 4.97. The van der Waals surface area contributed by atoms with Crippen LogP contribution < -0.4 is 4.90 Å². The van der Waals surface area contributed by atoms with Gasteiger partial charge in [0.25, 0.3) is 0 Å². The summed E-state index contributed by atoms with van der Waals surface area (Å²) >= 11 is 0. The molecule has 2 aliphatic heterocycles. The molecule has 0 radical (unpaired) electrons. The zero-order valence-electron chi connectivity index (χ0n) is 8.42. The average molecular weight is 215 g/mol. The molecule has 2 bridgehead atoms. The molecule has 5 heteroatoms. The van der Waals surface area contributed by atoms with Crippen molar-refractivity contribution in [1.82, 2.24) is 4.98 Å². The van der Waals surface area contributed by atoms with Crippen LogP contribution in [0.4, 0.5) is 11.5 Å². The Hall–Kier alpha value is -2.17. The number of fused-ring (bicyclic) bond motifs is 4. The third kappa shape index (κ3) is 1.29. The lowest BCUT2D eigenvalue weighted by atomic mass is 10.1. The number of carboxylic acid groups (broad SMARTS) is 1. The number of nitrogens with zero attached hydrogens (tertiary/aromatic N) is 3. The Kier molecular flexibility index (Phi) is 1.80. The van der Waals surface area contributed by atoms with E-state index in [0.717, 1.165) is 24.5 Å². The number of aromatic carboxylic acids is 1. The van der Waals surface area contributed by atoms with Crippen LogP contribution in [0.2, 0.25) is 0 Å². The Morgan fingerprint density at radius 3 is 3.12 bits per heavy atom. The van der Waals surface area contributed by atoms with Gasteiger partial charge in [0.2, 0.25) is 0 Å². The van der Waals surface area contributed by atoms with Crippen LogP contribution in [0.15, 0.2) is 29.3 Å². The number of carbonyl (C=O) groups is 1. The molecule has 0 spiro atoms. The molecule has 80 valence electrons. The van der Waals surface area contributed by atoms with Gasteiger partial charge >= 0.3 is 5.97 Å². The van der Waals surface area contributed by atoms with Crippen molar-refractivity contribution in [2.24, 2.45) is 4.99 Å². The Balaban J connectivity index is 2.15. The van der Waals surface area contributed by atoms with Crippen LogP contribution >= 0.6 is 0 Å². The number of hydrogen-bond acceptors (Lipinski definition) is 4. The molecule has 3 rings (SSSR count). The van der Waals surface area contributed by atoms with Crippen molar-refractivity contribution < 1.29 is 9.90 Å². The lowest BCUT2D eigenvalue weighted by molar-refractivity contribution is 0.0690. The van der Waals surface area contributed by atoms with Crippen molar-refractivity contribution in [1.29, 1.82) is 0 Å². The van der Waals surface area contributed by atoms with Gasteiger partial charge in [-0.3, -0.25) is 0 Å². The molecule has 0 aromatic carbocycles. The topological polar surface area (TPSA) is 65.8 Å². The second kappa shape index (κ2) is 3.16. The Bertz CT molecular complexity index is 534. The second-order valence-electron chi connectivity index (χ2n) is 3.73. The van der Waals surface area contributed by atoms with E-state index in [1.807, 2.05) is 12.2 Å². The van der Waals surface area contributed by atoms with E-state index in [1.165, 1.54) is 6.07 Å². The largest absolute Gasteiger partial charge is 0.477 e. The zero-order valence-corrected chi connectivity index (χ0v) is 8.42. The van der Waals surface area contributed by atoms with E-state index < -0.39 is 5.97 Å². The van der Waals surface area contributed by atoms with Crippen LogP contribution in [0.5, 0.6) is 0 Å². The number of aromatic nitrogens is 1. The van der Waals surface area contributed by atoms with Crippen molar-refractivity contribution in [2.45, 2.75) is 0 Å². The number of anilines is 1. The van der Waals surface area contributed by atoms with Gasteiger partial charge in [-0.05, 0) is 18.2 Å². The summed E-state index contributed by atoms with van der Waals surface area (Å²) in [7, 11) is 0. The van der Waals surface area contributed by atoms with Gasteiger partial charge in [-0.1, -0.05) is 6.08 Å². The molecule has 0 amide bonds. The van der Waals surface area contributed by atoms with E-state index in [1.54, 1.807) is 6.07 Å². The van der Waals surface area contributed by atoms with Gasteiger partial charge in [-0.15, -0.1) is 0 Å². The van der Waals surface area contributed by atoms with Crippen molar-refractivity contribution in [2.75, 3.05) is 18.0 Å². The summed E-state index contributed by atoms with van der Waals surface area (Å²) in [6.45, 7) is 1.59. The fourth-order valence-corrected chi connectivity index (χ4v) is 1.91. The predicted molar refractivity (Wildman–Crippen MR) is 59.6 cm³/mol. The molecule has 0 unspecified atom stereocenters. The maximum atomic E-state index is 10.8. The quantitative estimate of drug-likeness (QED) is 0.765. The van der Waals surface area contributed by atoms with Crippen LogP contribution in [-0.2, 0) is 0 Å². The average Bonchev–Trinajstić information content (AvgIpc) is 2.28. The summed E-state index contributed by atoms with van der Waals surface area (Å²) in [5.41, 5.74) is 1.86. The maximum absolute atomic E-state index is 10.8. The summed E-state index contributed by atoms with van der Waals surface area (Å²) in [5.74, 6) is -0.519. The molecule has 0 saturated heterocycles. The molecule has 0 aliphatic carbocycles. The van der Waals surface area contributed by atoms with Crippen molar-refractivity contribution in [3.8, 4) is 0 Å². The molecule has 5 nitrogen and oxygen atoms in total. The van der Waals surface area contributed by atoms with Gasteiger partial charge in [-0.25, -0.2) is 14.8 Å². The lowest BCUT2D eigenvalue weighted by Gasteiger charge is -2.30. The van der Waals surface area contributed by atoms with Gasteiger partial charge in [-0.2, -0.15) is 0 Å². The number of pyridine rings is 1. The molecule has 1 aromatic heterocycles. The van der Waals surface area contributed by atoms with Gasteiger partial charge in [0, 0.05) is 6.54 Å². The molecule has 16 heavy (non-hydrogen) atoms. The van der Waals surface area contributed by atoms with Gasteiger partial charge < -0.3 is 10.0 Å². The molecule has 3 heterocycles. The number of aliphatic imine (C=N–C) groups is 1. The van der Waals surface area contributed by atoms with Crippen molar-refractivity contribution in [3.63, 3.8) is 0 Å². The van der Waals surface area contributed by atoms with Crippen LogP contribution in [0.25, 0.3) is 0 Å². The Morgan fingerprint density at radius 2 is 2.31 bits per heavy atom. The summed E-state index contributed by atoms with van der Waals surface area (Å²) in [5, 5.41) is 8.85. The molecule has 1 aromatic rings. The summed E-state index contributed by atoms with van der Waals surface area (Å²) in [6.07, 6.45) is 3.99. The highest BCUT2D eigenvalue weighted by Crippen LogP contribution is 2.31. The highest BCUT2D eigenvalue weighted by atomic mass is 16.4. The number of carboxylic acids is 1. The summed E-state index contributed by atoms with van der Waals surface area (Å²) < 4.78 is 0. The SMILES string of the molecule is O=C(O)c1ccc2c(n1)N=C1C=CCN2C1. The van der Waals surface area contributed by atoms with E-state index in [0.29, 0.717) is 5.82 Å². The molecule has 1 N–H and O–H groups in total. The Labute approximate surface area is 91.8 Å². The minimum Gasteiger partial charge on any atom is -0.477 e. The van der Waals surface area contributed by atoms with E-state index in [4.69, 9.17) is 5.11 Å². The van der Waals surface area contributed by atoms with E-state index >= 15 is 0 Å². The maximum Gasteiger partial charge on any atom is 0.354 e. The molecule has 0 saturated carbocycles. The van der Waals surface area contributed by atoms with Crippen molar-refractivity contribution >= 4 is 23.2 Å². The Morgan fingerprint density at radius 1 is 1.44 bits per heavy atom. The molecule has 0 fully saturated rings.